The summed E-state index contributed by atoms with van der Waals surface area (Å²) in [5.74, 6) is 0.00325. The van der Waals surface area contributed by atoms with E-state index < -0.39 is 11.6 Å². The molecule has 1 unspecified atom stereocenters. The second-order valence-electron chi connectivity index (χ2n) is 10.6. The highest BCUT2D eigenvalue weighted by molar-refractivity contribution is 5.96. The Bertz CT molecular complexity index is 1740. The van der Waals surface area contributed by atoms with Crippen molar-refractivity contribution in [2.75, 3.05) is 5.32 Å². The maximum Gasteiger partial charge on any atom is 0.340 e. The molecule has 2 aromatic heterocycles. The molecule has 0 bridgehead atoms. The third-order valence-electron chi connectivity index (χ3n) is 6.38. The number of nitrogens with zero attached hydrogens (tertiary/aromatic N) is 2. The van der Waals surface area contributed by atoms with E-state index in [2.05, 4.69) is 10.4 Å². The van der Waals surface area contributed by atoms with E-state index in [1.54, 1.807) is 16.8 Å². The summed E-state index contributed by atoms with van der Waals surface area (Å²) < 4.78 is 13.8. The van der Waals surface area contributed by atoms with Gasteiger partial charge in [-0.15, -0.1) is 0 Å². The summed E-state index contributed by atoms with van der Waals surface area (Å²) in [5, 5.41) is 9.49. The standard InChI is InChI=1S/C31H31N3O4/c1-18-15-22(19(2)32-24-13-9-7-11-20(24)30(36)38-31(3,4)5)29-23(16-18)26(35)17-27(37-29)28-21-12-8-10-14-25(21)34(6)33-28/h7-17,19,32H,1-6H3. The van der Waals surface area contributed by atoms with Gasteiger partial charge in [0.2, 0.25) is 0 Å². The molecule has 0 spiro atoms. The van der Waals surface area contributed by atoms with Gasteiger partial charge in [0.25, 0.3) is 0 Å². The molecule has 5 rings (SSSR count). The van der Waals surface area contributed by atoms with E-state index >= 15 is 0 Å². The quantitative estimate of drug-likeness (QED) is 0.263. The molecular formula is C31H31N3O4. The van der Waals surface area contributed by atoms with E-state index in [1.165, 1.54) is 6.07 Å². The highest BCUT2D eigenvalue weighted by atomic mass is 16.6. The van der Waals surface area contributed by atoms with Crippen molar-refractivity contribution in [3.8, 4) is 11.5 Å². The lowest BCUT2D eigenvalue weighted by molar-refractivity contribution is 0.00706. The number of para-hydroxylation sites is 2. The molecule has 1 N–H and O–H groups in total. The summed E-state index contributed by atoms with van der Waals surface area (Å²) in [5.41, 5.74) is 4.12. The summed E-state index contributed by atoms with van der Waals surface area (Å²) in [4.78, 5) is 26.2. The van der Waals surface area contributed by atoms with Gasteiger partial charge in [-0.1, -0.05) is 36.4 Å². The van der Waals surface area contributed by atoms with E-state index in [9.17, 15) is 9.59 Å². The van der Waals surface area contributed by atoms with Gasteiger partial charge in [0.05, 0.1) is 22.5 Å². The maximum absolute atomic E-state index is 13.3. The van der Waals surface area contributed by atoms with Crippen molar-refractivity contribution in [1.82, 2.24) is 9.78 Å². The third kappa shape index (κ3) is 4.79. The van der Waals surface area contributed by atoms with Crippen molar-refractivity contribution in [3.63, 3.8) is 0 Å². The predicted molar refractivity (Wildman–Crippen MR) is 151 cm³/mol. The Kier molecular flexibility index (Phi) is 6.31. The van der Waals surface area contributed by atoms with Gasteiger partial charge >= 0.3 is 5.97 Å². The number of nitrogens with one attached hydrogen (secondary N) is 1. The van der Waals surface area contributed by atoms with Crippen LogP contribution in [0.1, 0.15) is 55.2 Å². The Hall–Kier alpha value is -4.39. The van der Waals surface area contributed by atoms with Gasteiger partial charge < -0.3 is 14.5 Å². The first-order valence-electron chi connectivity index (χ1n) is 12.6. The Morgan fingerprint density at radius 3 is 2.50 bits per heavy atom. The summed E-state index contributed by atoms with van der Waals surface area (Å²) >= 11 is 0. The monoisotopic (exact) mass is 509 g/mol. The van der Waals surface area contributed by atoms with Crippen LogP contribution >= 0.6 is 0 Å². The van der Waals surface area contributed by atoms with E-state index in [0.717, 1.165) is 22.0 Å². The van der Waals surface area contributed by atoms with Crippen LogP contribution in [0.15, 0.2) is 75.9 Å². The second kappa shape index (κ2) is 9.49. The molecule has 0 aliphatic carbocycles. The highest BCUT2D eigenvalue weighted by Gasteiger charge is 2.23. The van der Waals surface area contributed by atoms with Crippen molar-refractivity contribution in [2.45, 2.75) is 46.3 Å². The molecule has 1 atom stereocenters. The largest absolute Gasteiger partial charge is 0.456 e. The van der Waals surface area contributed by atoms with Crippen molar-refractivity contribution in [2.24, 2.45) is 7.05 Å². The van der Waals surface area contributed by atoms with E-state index in [0.29, 0.717) is 33.7 Å². The Labute approximate surface area is 221 Å². The molecule has 0 aliphatic heterocycles. The molecule has 0 saturated heterocycles. The van der Waals surface area contributed by atoms with Crippen LogP contribution in [0.3, 0.4) is 0 Å². The van der Waals surface area contributed by atoms with Crippen LogP contribution in [0, 0.1) is 6.92 Å². The lowest BCUT2D eigenvalue weighted by Gasteiger charge is -2.22. The number of carbonyl (C=O) groups is 1. The van der Waals surface area contributed by atoms with E-state index in [4.69, 9.17) is 9.15 Å². The molecule has 5 aromatic rings. The number of hydrogen-bond donors (Lipinski definition) is 1. The minimum Gasteiger partial charge on any atom is -0.456 e. The summed E-state index contributed by atoms with van der Waals surface area (Å²) in [6, 6.07) is 20.1. The minimum atomic E-state index is -0.613. The molecule has 0 radical (unpaired) electrons. The molecule has 194 valence electrons. The number of carbonyl (C=O) groups excluding carboxylic acids is 1. The number of esters is 1. The molecule has 0 saturated carbocycles. The van der Waals surface area contributed by atoms with Gasteiger partial charge in [-0.3, -0.25) is 9.48 Å². The summed E-state index contributed by atoms with van der Waals surface area (Å²) in [6.07, 6.45) is 0. The molecule has 7 nitrogen and oxygen atoms in total. The zero-order valence-electron chi connectivity index (χ0n) is 22.5. The molecule has 0 aliphatic rings. The number of fused-ring (bicyclic) bond motifs is 2. The van der Waals surface area contributed by atoms with Crippen molar-refractivity contribution < 1.29 is 13.9 Å². The topological polar surface area (TPSA) is 86.4 Å². The van der Waals surface area contributed by atoms with E-state index in [1.807, 2.05) is 90.2 Å². The first-order chi connectivity index (χ1) is 18.0. The number of aryl methyl sites for hydroxylation is 2. The zero-order valence-corrected chi connectivity index (χ0v) is 22.5. The molecule has 3 aromatic carbocycles. The number of aromatic nitrogens is 2. The first-order valence-corrected chi connectivity index (χ1v) is 12.6. The Balaban J connectivity index is 1.60. The molecule has 0 fully saturated rings. The van der Waals surface area contributed by atoms with Crippen molar-refractivity contribution in [3.05, 3.63) is 93.6 Å². The van der Waals surface area contributed by atoms with Gasteiger partial charge in [-0.05, 0) is 64.4 Å². The summed E-state index contributed by atoms with van der Waals surface area (Å²) in [6.45, 7) is 9.44. The molecule has 38 heavy (non-hydrogen) atoms. The van der Waals surface area contributed by atoms with Gasteiger partial charge in [0, 0.05) is 29.8 Å². The fraction of sp³-hybridized carbons (Fsp3) is 0.258. The lowest BCUT2D eigenvalue weighted by Crippen LogP contribution is -2.24. The number of benzene rings is 3. The number of rotatable bonds is 5. The SMILES string of the molecule is Cc1cc(C(C)Nc2ccccc2C(=O)OC(C)(C)C)c2oc(-c3nn(C)c4ccccc34)cc(=O)c2c1. The number of hydrogen-bond acceptors (Lipinski definition) is 6. The van der Waals surface area contributed by atoms with Crippen LogP contribution in [0.4, 0.5) is 5.69 Å². The van der Waals surface area contributed by atoms with Crippen LogP contribution in [0.5, 0.6) is 0 Å². The smallest absolute Gasteiger partial charge is 0.340 e. The van der Waals surface area contributed by atoms with Crippen LogP contribution in [0.2, 0.25) is 0 Å². The Morgan fingerprint density at radius 1 is 1.03 bits per heavy atom. The average Bonchev–Trinajstić information content (AvgIpc) is 3.20. The average molecular weight is 510 g/mol. The normalized spacial score (nSPS) is 12.6. The van der Waals surface area contributed by atoms with Crippen molar-refractivity contribution >= 4 is 33.5 Å². The van der Waals surface area contributed by atoms with Gasteiger partial charge in [0.1, 0.15) is 16.9 Å². The first kappa shape index (κ1) is 25.3. The summed E-state index contributed by atoms with van der Waals surface area (Å²) in [7, 11) is 1.87. The Morgan fingerprint density at radius 2 is 1.74 bits per heavy atom. The van der Waals surface area contributed by atoms with Crippen LogP contribution in [0.25, 0.3) is 33.3 Å². The van der Waals surface area contributed by atoms with Crippen LogP contribution in [-0.2, 0) is 11.8 Å². The van der Waals surface area contributed by atoms with Crippen LogP contribution < -0.4 is 10.7 Å². The lowest BCUT2D eigenvalue weighted by atomic mass is 10.00. The second-order valence-corrected chi connectivity index (χ2v) is 10.6. The number of ether oxygens (including phenoxy) is 1. The third-order valence-corrected chi connectivity index (χ3v) is 6.38. The van der Waals surface area contributed by atoms with E-state index in [-0.39, 0.29) is 11.5 Å². The molecule has 7 heteroatoms. The molecule has 0 amide bonds. The van der Waals surface area contributed by atoms with Crippen LogP contribution in [-0.4, -0.2) is 21.4 Å². The van der Waals surface area contributed by atoms with Crippen molar-refractivity contribution in [1.29, 1.82) is 0 Å². The molecular weight excluding hydrogens is 478 g/mol. The number of anilines is 1. The van der Waals surface area contributed by atoms with Gasteiger partial charge in [0.15, 0.2) is 11.2 Å². The zero-order chi connectivity index (χ0) is 27.2. The minimum absolute atomic E-state index is 0.137. The predicted octanol–water partition coefficient (Wildman–Crippen LogP) is 6.78. The van der Waals surface area contributed by atoms with Gasteiger partial charge in [-0.25, -0.2) is 4.79 Å². The maximum atomic E-state index is 13.3. The highest BCUT2D eigenvalue weighted by Crippen LogP contribution is 2.33. The fourth-order valence-electron chi connectivity index (χ4n) is 4.70. The molecule has 2 heterocycles. The fourth-order valence-corrected chi connectivity index (χ4v) is 4.70. The van der Waals surface area contributed by atoms with Gasteiger partial charge in [-0.2, -0.15) is 5.10 Å².